The summed E-state index contributed by atoms with van der Waals surface area (Å²) >= 11 is 4.93. The first kappa shape index (κ1) is 20.0. The quantitative estimate of drug-likeness (QED) is 0.562. The molecule has 3 aromatic rings. The summed E-state index contributed by atoms with van der Waals surface area (Å²) < 4.78 is 6.42. The Morgan fingerprint density at radius 2 is 1.96 bits per heavy atom. The van der Waals surface area contributed by atoms with E-state index in [1.807, 2.05) is 23.6 Å². The minimum atomic E-state index is -0.782. The molecule has 0 radical (unpaired) electrons. The second kappa shape index (κ2) is 8.99. The number of carbonyl (C=O) groups excluding carboxylic acids is 2. The van der Waals surface area contributed by atoms with E-state index < -0.39 is 17.9 Å². The topological polar surface area (TPSA) is 80.3 Å². The van der Waals surface area contributed by atoms with Gasteiger partial charge in [0.25, 0.3) is 11.8 Å². The molecule has 0 fully saturated rings. The van der Waals surface area contributed by atoms with Crippen molar-refractivity contribution in [1.29, 1.82) is 0 Å². The first-order valence-corrected chi connectivity index (χ1v) is 10.2. The molecular formula is C20H18BrN3O3S. The van der Waals surface area contributed by atoms with Gasteiger partial charge in [-0.2, -0.15) is 0 Å². The summed E-state index contributed by atoms with van der Waals surface area (Å²) in [6, 6.07) is 14.6. The van der Waals surface area contributed by atoms with Crippen molar-refractivity contribution in [3.8, 4) is 16.3 Å². The lowest BCUT2D eigenvalue weighted by molar-refractivity contribution is -0.128. The highest BCUT2D eigenvalue weighted by Crippen LogP contribution is 2.23. The molecule has 2 aromatic heterocycles. The van der Waals surface area contributed by atoms with E-state index in [0.717, 1.165) is 15.0 Å². The van der Waals surface area contributed by atoms with Gasteiger partial charge in [0.1, 0.15) is 5.75 Å². The van der Waals surface area contributed by atoms with Gasteiger partial charge in [0, 0.05) is 4.47 Å². The summed E-state index contributed by atoms with van der Waals surface area (Å²) in [6.45, 7) is 3.36. The smallest absolute Gasteiger partial charge is 0.279 e. The molecule has 0 aliphatic carbocycles. The molecule has 1 unspecified atom stereocenters. The fraction of sp³-hybridized carbons (Fsp3) is 0.150. The zero-order valence-electron chi connectivity index (χ0n) is 15.2. The maximum Gasteiger partial charge on any atom is 0.279 e. The number of hydrazine groups is 1. The number of ether oxygens (including phenoxy) is 1. The van der Waals surface area contributed by atoms with E-state index >= 15 is 0 Å². The second-order valence-corrected chi connectivity index (χ2v) is 7.83. The standard InChI is InChI=1S/C20H18BrN3O3S/c1-12-16(8-9-17(22-12)18-7-4-10-28-18)20(26)24-23-19(25)13(2)27-15-6-3-5-14(21)11-15/h3-11,13H,1-2H3,(H,23,25)(H,24,26). The van der Waals surface area contributed by atoms with Gasteiger partial charge in [-0.15, -0.1) is 11.3 Å². The maximum atomic E-state index is 12.4. The number of rotatable bonds is 5. The van der Waals surface area contributed by atoms with Crippen molar-refractivity contribution in [2.45, 2.75) is 20.0 Å². The highest BCUT2D eigenvalue weighted by atomic mass is 79.9. The van der Waals surface area contributed by atoms with Gasteiger partial charge in [-0.05, 0) is 55.6 Å². The Labute approximate surface area is 175 Å². The van der Waals surface area contributed by atoms with E-state index in [4.69, 9.17) is 4.74 Å². The molecule has 0 spiro atoms. The molecule has 3 rings (SSSR count). The average molecular weight is 460 g/mol. The first-order chi connectivity index (χ1) is 13.4. The van der Waals surface area contributed by atoms with Gasteiger partial charge in [0.15, 0.2) is 6.10 Å². The van der Waals surface area contributed by atoms with E-state index in [-0.39, 0.29) is 0 Å². The molecular weight excluding hydrogens is 442 g/mol. The highest BCUT2D eigenvalue weighted by molar-refractivity contribution is 9.10. The van der Waals surface area contributed by atoms with Crippen LogP contribution in [0.2, 0.25) is 0 Å². The number of nitrogens with zero attached hydrogens (tertiary/aromatic N) is 1. The van der Waals surface area contributed by atoms with Gasteiger partial charge in [-0.25, -0.2) is 0 Å². The maximum absolute atomic E-state index is 12.4. The SMILES string of the molecule is Cc1nc(-c2cccs2)ccc1C(=O)NNC(=O)C(C)Oc1cccc(Br)c1. The van der Waals surface area contributed by atoms with Crippen LogP contribution in [0.15, 0.2) is 58.4 Å². The minimum absolute atomic E-state index is 0.390. The van der Waals surface area contributed by atoms with Crippen LogP contribution < -0.4 is 15.6 Å². The highest BCUT2D eigenvalue weighted by Gasteiger charge is 2.17. The van der Waals surface area contributed by atoms with Gasteiger partial charge >= 0.3 is 0 Å². The van der Waals surface area contributed by atoms with E-state index in [9.17, 15) is 9.59 Å². The normalized spacial score (nSPS) is 11.5. The fourth-order valence-corrected chi connectivity index (χ4v) is 3.52. The molecule has 1 aromatic carbocycles. The van der Waals surface area contributed by atoms with Crippen LogP contribution in [0.25, 0.3) is 10.6 Å². The van der Waals surface area contributed by atoms with Crippen LogP contribution in [0.3, 0.4) is 0 Å². The van der Waals surface area contributed by atoms with Crippen molar-refractivity contribution in [2.24, 2.45) is 0 Å². The van der Waals surface area contributed by atoms with Crippen LogP contribution >= 0.6 is 27.3 Å². The first-order valence-electron chi connectivity index (χ1n) is 8.48. The zero-order chi connectivity index (χ0) is 20.1. The Balaban J connectivity index is 1.58. The number of hydrogen-bond acceptors (Lipinski definition) is 5. The number of thiophene rings is 1. The molecule has 0 aliphatic heterocycles. The Bertz CT molecular complexity index is 992. The van der Waals surface area contributed by atoms with E-state index in [1.165, 1.54) is 0 Å². The number of nitrogens with one attached hydrogen (secondary N) is 2. The van der Waals surface area contributed by atoms with Crippen LogP contribution in [0, 0.1) is 6.92 Å². The number of aryl methyl sites for hydroxylation is 1. The van der Waals surface area contributed by atoms with Gasteiger partial charge in [0.05, 0.1) is 21.8 Å². The van der Waals surface area contributed by atoms with Crippen molar-refractivity contribution < 1.29 is 14.3 Å². The Kier molecular flexibility index (Phi) is 6.43. The molecule has 2 heterocycles. The number of amides is 2. The summed E-state index contributed by atoms with van der Waals surface area (Å²) in [4.78, 5) is 30.1. The minimum Gasteiger partial charge on any atom is -0.481 e. The Morgan fingerprint density at radius 1 is 1.14 bits per heavy atom. The summed E-state index contributed by atoms with van der Waals surface area (Å²) in [7, 11) is 0. The third-order valence-corrected chi connectivity index (χ3v) is 5.27. The molecule has 8 heteroatoms. The van der Waals surface area contributed by atoms with E-state index in [2.05, 4.69) is 31.8 Å². The third kappa shape index (κ3) is 4.96. The molecule has 0 saturated carbocycles. The number of carbonyl (C=O) groups is 2. The predicted octanol–water partition coefficient (Wildman–Crippen LogP) is 4.11. The Hall–Kier alpha value is -2.71. The van der Waals surface area contributed by atoms with Crippen LogP contribution in [-0.4, -0.2) is 22.9 Å². The third-order valence-electron chi connectivity index (χ3n) is 3.88. The number of halogens is 1. The Morgan fingerprint density at radius 3 is 2.64 bits per heavy atom. The summed E-state index contributed by atoms with van der Waals surface area (Å²) in [5.41, 5.74) is 6.57. The van der Waals surface area contributed by atoms with Crippen LogP contribution in [0.4, 0.5) is 0 Å². The molecule has 0 saturated heterocycles. The summed E-state index contributed by atoms with van der Waals surface area (Å²) in [6.07, 6.45) is -0.782. The van der Waals surface area contributed by atoms with Crippen molar-refractivity contribution in [3.05, 3.63) is 69.6 Å². The molecule has 6 nitrogen and oxygen atoms in total. The number of aromatic nitrogens is 1. The summed E-state index contributed by atoms with van der Waals surface area (Å²) in [5, 5.41) is 1.97. The van der Waals surface area contributed by atoms with E-state index in [0.29, 0.717) is 17.0 Å². The lowest BCUT2D eigenvalue weighted by Crippen LogP contribution is -2.47. The fourth-order valence-electron chi connectivity index (χ4n) is 2.45. The molecule has 2 N–H and O–H groups in total. The lowest BCUT2D eigenvalue weighted by atomic mass is 10.1. The van der Waals surface area contributed by atoms with Crippen molar-refractivity contribution >= 4 is 39.1 Å². The van der Waals surface area contributed by atoms with Gasteiger partial charge in [0.2, 0.25) is 0 Å². The zero-order valence-corrected chi connectivity index (χ0v) is 17.6. The van der Waals surface area contributed by atoms with Gasteiger partial charge in [-0.3, -0.25) is 25.4 Å². The van der Waals surface area contributed by atoms with Crippen LogP contribution in [0.5, 0.6) is 5.75 Å². The van der Waals surface area contributed by atoms with Gasteiger partial charge in [-0.1, -0.05) is 28.1 Å². The molecule has 28 heavy (non-hydrogen) atoms. The second-order valence-electron chi connectivity index (χ2n) is 5.97. The van der Waals surface area contributed by atoms with Crippen molar-refractivity contribution in [1.82, 2.24) is 15.8 Å². The molecule has 0 aliphatic rings. The molecule has 2 amide bonds. The molecule has 1 atom stereocenters. The van der Waals surface area contributed by atoms with Crippen molar-refractivity contribution in [3.63, 3.8) is 0 Å². The average Bonchev–Trinajstić information content (AvgIpc) is 3.20. The monoisotopic (exact) mass is 459 g/mol. The van der Waals surface area contributed by atoms with E-state index in [1.54, 1.807) is 55.5 Å². The molecule has 144 valence electrons. The van der Waals surface area contributed by atoms with Gasteiger partial charge < -0.3 is 4.74 Å². The van der Waals surface area contributed by atoms with Crippen LogP contribution in [0.1, 0.15) is 23.0 Å². The lowest BCUT2D eigenvalue weighted by Gasteiger charge is -2.15. The largest absolute Gasteiger partial charge is 0.481 e. The van der Waals surface area contributed by atoms with Crippen molar-refractivity contribution in [2.75, 3.05) is 0 Å². The number of hydrogen-bond donors (Lipinski definition) is 2. The molecule has 0 bridgehead atoms. The number of pyridine rings is 1. The predicted molar refractivity (Wildman–Crippen MR) is 112 cm³/mol. The summed E-state index contributed by atoms with van der Waals surface area (Å²) in [5.74, 6) is -0.354. The number of benzene rings is 1. The van der Waals surface area contributed by atoms with Crippen LogP contribution in [-0.2, 0) is 4.79 Å².